The van der Waals surface area contributed by atoms with Gasteiger partial charge in [0, 0.05) is 6.04 Å². The van der Waals surface area contributed by atoms with Crippen LogP contribution < -0.4 is 55.6 Å². The van der Waals surface area contributed by atoms with Crippen LogP contribution in [-0.4, -0.2) is 39.3 Å². The summed E-state index contributed by atoms with van der Waals surface area (Å²) in [5, 5.41) is 39.4. The van der Waals surface area contributed by atoms with E-state index in [1.54, 1.807) is 24.3 Å². The van der Waals surface area contributed by atoms with Gasteiger partial charge in [0.25, 0.3) is 0 Å². The molecule has 19 heteroatoms. The van der Waals surface area contributed by atoms with Gasteiger partial charge in [-0.25, -0.2) is 0 Å². The van der Waals surface area contributed by atoms with Gasteiger partial charge in [-0.2, -0.15) is 0 Å². The summed E-state index contributed by atoms with van der Waals surface area (Å²) in [5.41, 5.74) is 12.8. The van der Waals surface area contributed by atoms with E-state index in [9.17, 15) is 24.9 Å². The van der Waals surface area contributed by atoms with Crippen molar-refractivity contribution in [1.29, 1.82) is 0 Å². The molecular weight excluding hydrogens is 1550 g/mol. The molecule has 0 saturated carbocycles. The average molecular weight is 1580 g/mol. The Morgan fingerprint density at radius 2 is 0.878 bits per heavy atom. The minimum Gasteiger partial charge on any atom is -0.548 e. The molecule has 256 valence electrons. The Balaban J connectivity index is 0.000000333. The number of halogens is 8. The number of carboxylic acid groups (broad SMARTS) is 2. The molecule has 0 unspecified atom stereocenters. The average Bonchev–Trinajstić information content (AvgIpc) is 2.98. The van der Waals surface area contributed by atoms with Gasteiger partial charge in [0.05, 0.1) is 34.5 Å². The van der Waals surface area contributed by atoms with E-state index >= 15 is 0 Å². The van der Waals surface area contributed by atoms with Crippen molar-refractivity contribution in [2.45, 2.75) is 24.9 Å². The Morgan fingerprint density at radius 3 is 1.14 bits per heavy atom. The molecule has 0 heterocycles. The third-order valence-corrected chi connectivity index (χ3v) is 12.6. The molecule has 0 saturated heterocycles. The normalized spacial score (nSPS) is 11.8. The fourth-order valence-corrected chi connectivity index (χ4v) is 11.4. The number of hydrogen-bond donors (Lipinski definition) is 5. The van der Waals surface area contributed by atoms with Gasteiger partial charge in [-0.15, -0.1) is 0 Å². The van der Waals surface area contributed by atoms with Crippen molar-refractivity contribution < 1.29 is 69.0 Å². The quantitative estimate of drug-likeness (QED) is 0.109. The van der Waals surface area contributed by atoms with Crippen molar-refractivity contribution in [2.24, 2.45) is 11.5 Å². The summed E-state index contributed by atoms with van der Waals surface area (Å²) in [4.78, 5) is 21.7. The van der Waals surface area contributed by atoms with Crippen LogP contribution in [0, 0.1) is 28.6 Å². The van der Waals surface area contributed by atoms with E-state index in [1.807, 2.05) is 69.4 Å². The van der Waals surface area contributed by atoms with Crippen molar-refractivity contribution in [3.63, 3.8) is 0 Å². The molecule has 0 aliphatic heterocycles. The second-order valence-electron chi connectivity index (χ2n) is 9.73. The summed E-state index contributed by atoms with van der Waals surface area (Å²) in [7, 11) is 0. The molecule has 7 N–H and O–H groups in total. The molecule has 4 aromatic carbocycles. The van der Waals surface area contributed by atoms with Gasteiger partial charge in [-0.1, -0.05) is 0 Å². The predicted octanol–water partition coefficient (Wildman–Crippen LogP) is 4.78. The number of benzene rings is 4. The zero-order valence-corrected chi connectivity index (χ0v) is 44.0. The molecule has 0 spiro atoms. The summed E-state index contributed by atoms with van der Waals surface area (Å²) in [6.45, 7) is 0. The third-order valence-electron chi connectivity index (χ3n) is 6.07. The van der Waals surface area contributed by atoms with Gasteiger partial charge in [-0.3, -0.25) is 4.79 Å². The summed E-state index contributed by atoms with van der Waals surface area (Å²) in [6, 6.07) is 12.5. The predicted molar refractivity (Wildman–Crippen MR) is 247 cm³/mol. The largest absolute Gasteiger partial charge is 1.00 e. The van der Waals surface area contributed by atoms with Crippen LogP contribution in [0.15, 0.2) is 48.5 Å². The summed E-state index contributed by atoms with van der Waals surface area (Å²) >= 11 is 16.8. The second-order valence-corrected chi connectivity index (χ2v) is 19.0. The van der Waals surface area contributed by atoms with E-state index in [2.05, 4.69) is 136 Å². The molecular formula is C30H21I8N2NaO8. The molecule has 0 aromatic heterocycles. The van der Waals surface area contributed by atoms with E-state index in [0.717, 1.165) is 25.4 Å². The number of phenolic OH excluding ortho intramolecular Hbond substituents is 2. The Morgan fingerprint density at radius 1 is 0.592 bits per heavy atom. The van der Waals surface area contributed by atoms with Crippen LogP contribution in [0.1, 0.15) is 11.1 Å². The first-order valence-corrected chi connectivity index (χ1v) is 21.6. The number of aromatic hydroxyl groups is 2. The number of rotatable bonds is 10. The topological polar surface area (TPSA) is 188 Å². The molecule has 4 aromatic rings. The van der Waals surface area contributed by atoms with Crippen LogP contribution in [0.4, 0.5) is 0 Å². The molecule has 10 nitrogen and oxygen atoms in total. The minimum atomic E-state index is -1.27. The number of carbonyl (C=O) groups excluding carboxylic acids is 1. The number of carbonyl (C=O) groups is 2. The van der Waals surface area contributed by atoms with E-state index in [4.69, 9.17) is 26.0 Å². The van der Waals surface area contributed by atoms with Crippen LogP contribution in [0.3, 0.4) is 0 Å². The van der Waals surface area contributed by atoms with E-state index in [1.165, 1.54) is 0 Å². The molecule has 2 atom stereocenters. The van der Waals surface area contributed by atoms with Crippen LogP contribution in [0.25, 0.3) is 0 Å². The molecule has 0 bridgehead atoms. The number of phenols is 2. The molecule has 0 radical (unpaired) electrons. The van der Waals surface area contributed by atoms with Crippen LogP contribution in [0.5, 0.6) is 34.5 Å². The van der Waals surface area contributed by atoms with E-state index < -0.39 is 24.0 Å². The van der Waals surface area contributed by atoms with E-state index in [-0.39, 0.29) is 53.9 Å². The molecule has 0 aliphatic carbocycles. The van der Waals surface area contributed by atoms with Gasteiger partial charge in [0.15, 0.2) is 11.5 Å². The zero-order chi connectivity index (χ0) is 36.0. The maximum absolute atomic E-state index is 10.9. The Bertz CT molecular complexity index is 1640. The minimum absolute atomic E-state index is 0. The van der Waals surface area contributed by atoms with Crippen LogP contribution in [-0.2, 0) is 22.4 Å². The Hall–Kier alpha value is 1.78. The molecule has 0 aliphatic rings. The smallest absolute Gasteiger partial charge is 0.548 e. The molecule has 49 heavy (non-hydrogen) atoms. The number of carboxylic acids is 2. The van der Waals surface area contributed by atoms with Crippen molar-refractivity contribution in [2.75, 3.05) is 0 Å². The third kappa shape index (κ3) is 14.1. The van der Waals surface area contributed by atoms with Crippen molar-refractivity contribution in [1.82, 2.24) is 0 Å². The number of aliphatic carboxylic acids is 2. The van der Waals surface area contributed by atoms with Crippen molar-refractivity contribution >= 4 is 193 Å². The second kappa shape index (κ2) is 21.8. The molecule has 0 amide bonds. The maximum atomic E-state index is 10.9. The van der Waals surface area contributed by atoms with Crippen molar-refractivity contribution in [3.8, 4) is 34.5 Å². The van der Waals surface area contributed by atoms with Crippen molar-refractivity contribution in [3.05, 3.63) is 88.2 Å². The van der Waals surface area contributed by atoms with Gasteiger partial charge in [-0.05, 0) is 253 Å². The number of nitrogens with two attached hydrogens (primary N) is 2. The molecule has 0 fully saturated rings. The number of ether oxygens (including phenoxy) is 2. The first-order chi connectivity index (χ1) is 22.4. The summed E-state index contributed by atoms with van der Waals surface area (Å²) in [6.07, 6.45) is 0.459. The first-order valence-electron chi connectivity index (χ1n) is 13.0. The standard InChI is InChI=1S/2C15H11I4NO4.Na/c2*16-8-4-7(5-9(17)13(8)21)24-14-10(18)1-6(2-11(14)19)3-12(20)15(22)23;/h2*1-2,4-5,12,21H,3,20H2,(H,22,23);/q;;+1/p-1/t2*12-;/m00./s1. The van der Waals surface area contributed by atoms with Gasteiger partial charge in [0.1, 0.15) is 29.0 Å². The Kier molecular flexibility index (Phi) is 20.8. The molecule has 4 rings (SSSR count). The van der Waals surface area contributed by atoms with Gasteiger partial charge in [0.2, 0.25) is 0 Å². The maximum Gasteiger partial charge on any atom is 1.00 e. The fraction of sp³-hybridized carbons (Fsp3) is 0.133. The summed E-state index contributed by atoms with van der Waals surface area (Å²) < 4.78 is 18.2. The monoisotopic (exact) mass is 1580 g/mol. The first kappa shape index (κ1) is 46.9. The van der Waals surface area contributed by atoms with Crippen LogP contribution in [0.2, 0.25) is 0 Å². The van der Waals surface area contributed by atoms with E-state index in [0.29, 0.717) is 37.3 Å². The fourth-order valence-electron chi connectivity index (χ4n) is 3.77. The SMILES string of the molecule is N[C@@H](Cc1cc(I)c(Oc2cc(I)c(O)c(I)c2)c(I)c1)C(=O)O.N[C@@H](Cc1cc(I)c(Oc2cc(I)c(O)c(I)c2)c(I)c1)C(=O)[O-].[Na+]. The zero-order valence-electron chi connectivity index (χ0n) is 24.7. The summed E-state index contributed by atoms with van der Waals surface area (Å²) in [5.74, 6) is 0.817. The van der Waals surface area contributed by atoms with Gasteiger partial charge >= 0.3 is 35.5 Å². The van der Waals surface area contributed by atoms with Crippen LogP contribution >= 0.6 is 181 Å². The van der Waals surface area contributed by atoms with Gasteiger partial charge < -0.3 is 46.2 Å². The Labute approximate surface area is 413 Å². The number of hydrogen-bond acceptors (Lipinski definition) is 9.